The van der Waals surface area contributed by atoms with E-state index in [4.69, 9.17) is 16.0 Å². The van der Waals surface area contributed by atoms with Crippen molar-refractivity contribution in [2.45, 2.75) is 13.0 Å². The molecule has 2 aromatic carbocycles. The number of fused-ring (bicyclic) bond motifs is 2. The van der Waals surface area contributed by atoms with E-state index in [1.165, 1.54) is 4.90 Å². The Hall–Kier alpha value is -3.44. The molecule has 0 aliphatic carbocycles. The summed E-state index contributed by atoms with van der Waals surface area (Å²) in [5.41, 5.74) is 1.94. The topological polar surface area (TPSA) is 63.4 Å². The molecule has 142 valence electrons. The number of para-hydroxylation sites is 1. The summed E-state index contributed by atoms with van der Waals surface area (Å²) in [6.45, 7) is 1.85. The third-order valence-electron chi connectivity index (χ3n) is 5.06. The highest BCUT2D eigenvalue weighted by Gasteiger charge is 2.44. The molecule has 1 atom stereocenters. The standard InChI is InChI=1S/C23H15ClN2O3/c1-13-6-4-11-18(25-13)26-20(14-7-5-8-15(24)12-14)19-21(27)16-9-2-3-10-17(16)29-22(19)23(26)28/h2-12,20H,1H3/t20-/m1/s1. The third-order valence-corrected chi connectivity index (χ3v) is 5.30. The minimum absolute atomic E-state index is 0.0435. The van der Waals surface area contributed by atoms with Crippen molar-refractivity contribution in [2.75, 3.05) is 4.90 Å². The number of carbonyl (C=O) groups excluding carboxylic acids is 1. The van der Waals surface area contributed by atoms with Crippen LogP contribution in [0.25, 0.3) is 11.0 Å². The van der Waals surface area contributed by atoms with Crippen LogP contribution in [0.1, 0.15) is 33.4 Å². The van der Waals surface area contributed by atoms with Gasteiger partial charge in [-0.25, -0.2) is 4.98 Å². The average Bonchev–Trinajstić information content (AvgIpc) is 3.01. The first-order valence-electron chi connectivity index (χ1n) is 9.13. The number of aromatic nitrogens is 1. The zero-order valence-corrected chi connectivity index (χ0v) is 16.2. The highest BCUT2D eigenvalue weighted by molar-refractivity contribution is 6.30. The summed E-state index contributed by atoms with van der Waals surface area (Å²) >= 11 is 6.22. The zero-order chi connectivity index (χ0) is 20.1. The van der Waals surface area contributed by atoms with Crippen LogP contribution in [-0.2, 0) is 0 Å². The first-order valence-corrected chi connectivity index (χ1v) is 9.51. The Morgan fingerprint density at radius 1 is 1.00 bits per heavy atom. The van der Waals surface area contributed by atoms with E-state index in [1.807, 2.05) is 25.1 Å². The second kappa shape index (κ2) is 6.57. The average molecular weight is 403 g/mol. The number of rotatable bonds is 2. The van der Waals surface area contributed by atoms with Crippen LogP contribution in [0.3, 0.4) is 0 Å². The number of carbonyl (C=O) groups is 1. The van der Waals surface area contributed by atoms with Crippen molar-refractivity contribution in [3.05, 3.63) is 105 Å². The fourth-order valence-corrected chi connectivity index (χ4v) is 4.01. The van der Waals surface area contributed by atoms with Crippen LogP contribution >= 0.6 is 11.6 Å². The summed E-state index contributed by atoms with van der Waals surface area (Å²) in [4.78, 5) is 32.8. The molecule has 2 aromatic heterocycles. The van der Waals surface area contributed by atoms with Crippen molar-refractivity contribution in [3.63, 3.8) is 0 Å². The number of halogens is 1. The van der Waals surface area contributed by atoms with Crippen LogP contribution in [-0.4, -0.2) is 10.9 Å². The molecule has 29 heavy (non-hydrogen) atoms. The lowest BCUT2D eigenvalue weighted by Crippen LogP contribution is -2.30. The molecule has 3 heterocycles. The fourth-order valence-electron chi connectivity index (χ4n) is 3.81. The molecule has 6 heteroatoms. The van der Waals surface area contributed by atoms with Crippen LogP contribution in [0.4, 0.5) is 5.82 Å². The van der Waals surface area contributed by atoms with Crippen LogP contribution in [0.15, 0.2) is 75.9 Å². The molecule has 0 spiro atoms. The molecule has 0 saturated carbocycles. The van der Waals surface area contributed by atoms with Crippen molar-refractivity contribution in [3.8, 4) is 0 Å². The number of benzene rings is 2. The van der Waals surface area contributed by atoms with E-state index in [2.05, 4.69) is 4.98 Å². The largest absolute Gasteiger partial charge is 0.450 e. The molecule has 0 fully saturated rings. The van der Waals surface area contributed by atoms with E-state index < -0.39 is 11.9 Å². The quantitative estimate of drug-likeness (QED) is 0.478. The van der Waals surface area contributed by atoms with Crippen LogP contribution in [0, 0.1) is 6.92 Å². The molecule has 0 unspecified atom stereocenters. The maximum absolute atomic E-state index is 13.4. The lowest BCUT2D eigenvalue weighted by molar-refractivity contribution is 0.0970. The van der Waals surface area contributed by atoms with Gasteiger partial charge in [-0.1, -0.05) is 41.9 Å². The molecular weight excluding hydrogens is 388 g/mol. The molecule has 5 rings (SSSR count). The van der Waals surface area contributed by atoms with Gasteiger partial charge in [0.25, 0.3) is 5.91 Å². The Labute approximate surface area is 171 Å². The molecule has 4 aromatic rings. The van der Waals surface area contributed by atoms with Gasteiger partial charge in [0.05, 0.1) is 17.0 Å². The van der Waals surface area contributed by atoms with Gasteiger partial charge >= 0.3 is 0 Å². The van der Waals surface area contributed by atoms with Crippen molar-refractivity contribution >= 4 is 34.3 Å². The van der Waals surface area contributed by atoms with E-state index in [-0.39, 0.29) is 11.2 Å². The van der Waals surface area contributed by atoms with Gasteiger partial charge in [-0.05, 0) is 48.9 Å². The van der Waals surface area contributed by atoms with E-state index in [9.17, 15) is 9.59 Å². The van der Waals surface area contributed by atoms with Crippen molar-refractivity contribution < 1.29 is 9.21 Å². The Bertz CT molecular complexity index is 1350. The molecule has 0 bridgehead atoms. The summed E-state index contributed by atoms with van der Waals surface area (Å²) in [7, 11) is 0. The molecule has 1 aliphatic rings. The summed E-state index contributed by atoms with van der Waals surface area (Å²) < 4.78 is 5.91. The Kier molecular flexibility index (Phi) is 4.00. The number of amides is 1. The monoisotopic (exact) mass is 402 g/mol. The van der Waals surface area contributed by atoms with Crippen LogP contribution < -0.4 is 10.3 Å². The first kappa shape index (κ1) is 17.6. The minimum Gasteiger partial charge on any atom is -0.450 e. The highest BCUT2D eigenvalue weighted by Crippen LogP contribution is 2.41. The van der Waals surface area contributed by atoms with Gasteiger partial charge in [0, 0.05) is 10.7 Å². The predicted octanol–water partition coefficient (Wildman–Crippen LogP) is 4.90. The number of nitrogens with zero attached hydrogens (tertiary/aromatic N) is 2. The maximum Gasteiger partial charge on any atom is 0.296 e. The van der Waals surface area contributed by atoms with Crippen molar-refractivity contribution in [2.24, 2.45) is 0 Å². The summed E-state index contributed by atoms with van der Waals surface area (Å²) in [6.07, 6.45) is 0. The molecule has 0 saturated heterocycles. The van der Waals surface area contributed by atoms with Gasteiger partial charge < -0.3 is 4.42 Å². The van der Waals surface area contributed by atoms with Gasteiger partial charge in [0.1, 0.15) is 11.4 Å². The molecule has 1 aliphatic heterocycles. The van der Waals surface area contributed by atoms with Gasteiger partial charge in [0.15, 0.2) is 5.43 Å². The Morgan fingerprint density at radius 3 is 2.59 bits per heavy atom. The van der Waals surface area contributed by atoms with Gasteiger partial charge in [-0.3, -0.25) is 14.5 Å². The fraction of sp³-hybridized carbons (Fsp3) is 0.0870. The third kappa shape index (κ3) is 2.74. The molecule has 5 nitrogen and oxygen atoms in total. The number of hydrogen-bond donors (Lipinski definition) is 0. The van der Waals surface area contributed by atoms with Crippen molar-refractivity contribution in [1.29, 1.82) is 0 Å². The van der Waals surface area contributed by atoms with E-state index in [0.29, 0.717) is 27.4 Å². The summed E-state index contributed by atoms with van der Waals surface area (Å²) in [6, 6.07) is 18.8. The van der Waals surface area contributed by atoms with E-state index in [1.54, 1.807) is 48.5 Å². The van der Waals surface area contributed by atoms with Crippen molar-refractivity contribution in [1.82, 2.24) is 4.98 Å². The van der Waals surface area contributed by atoms with Gasteiger partial charge in [-0.2, -0.15) is 0 Å². The normalized spacial score (nSPS) is 15.7. The minimum atomic E-state index is -0.675. The van der Waals surface area contributed by atoms with Gasteiger partial charge in [0.2, 0.25) is 5.76 Å². The Balaban J connectivity index is 1.84. The highest BCUT2D eigenvalue weighted by atomic mass is 35.5. The SMILES string of the molecule is Cc1cccc(N2C(=O)c3oc4ccccc4c(=O)c3[C@H]2c2cccc(Cl)c2)n1. The van der Waals surface area contributed by atoms with E-state index >= 15 is 0 Å². The van der Waals surface area contributed by atoms with Crippen LogP contribution in [0.5, 0.6) is 0 Å². The van der Waals surface area contributed by atoms with Crippen LogP contribution in [0.2, 0.25) is 5.02 Å². The number of pyridine rings is 1. The number of hydrogen-bond acceptors (Lipinski definition) is 4. The molecular formula is C23H15ClN2O3. The smallest absolute Gasteiger partial charge is 0.296 e. The predicted molar refractivity (Wildman–Crippen MR) is 112 cm³/mol. The lowest BCUT2D eigenvalue weighted by atomic mass is 9.98. The summed E-state index contributed by atoms with van der Waals surface area (Å²) in [5, 5.41) is 0.954. The van der Waals surface area contributed by atoms with Gasteiger partial charge in [-0.15, -0.1) is 0 Å². The second-order valence-electron chi connectivity index (χ2n) is 6.94. The first-order chi connectivity index (χ1) is 14.0. The Morgan fingerprint density at radius 2 is 1.79 bits per heavy atom. The maximum atomic E-state index is 13.4. The molecule has 0 N–H and O–H groups in total. The zero-order valence-electron chi connectivity index (χ0n) is 15.4. The second-order valence-corrected chi connectivity index (χ2v) is 7.38. The lowest BCUT2D eigenvalue weighted by Gasteiger charge is -2.24. The number of anilines is 1. The van der Waals surface area contributed by atoms with E-state index in [0.717, 1.165) is 11.3 Å². The molecule has 1 amide bonds. The molecule has 0 radical (unpaired) electrons. The summed E-state index contributed by atoms with van der Waals surface area (Å²) in [5.74, 6) is 0.0998. The number of aryl methyl sites for hydroxylation is 1.